The van der Waals surface area contributed by atoms with Crippen LogP contribution in [0.15, 0.2) is 54.7 Å². The van der Waals surface area contributed by atoms with Crippen molar-refractivity contribution in [3.63, 3.8) is 0 Å². The number of hydrogen-bond acceptors (Lipinski definition) is 5. The van der Waals surface area contributed by atoms with E-state index >= 15 is 0 Å². The fraction of sp³-hybridized carbons (Fsp3) is 0.261. The van der Waals surface area contributed by atoms with E-state index in [0.717, 1.165) is 30.6 Å². The number of nitrogens with two attached hydrogens (primary N) is 1. The van der Waals surface area contributed by atoms with Crippen molar-refractivity contribution in [1.29, 1.82) is 0 Å². The molecule has 4 N–H and O–H groups in total. The molecule has 2 aromatic carbocycles. The van der Waals surface area contributed by atoms with Gasteiger partial charge in [0.15, 0.2) is 11.4 Å². The lowest BCUT2D eigenvalue weighted by molar-refractivity contribution is -0.122. The van der Waals surface area contributed by atoms with Crippen LogP contribution in [0, 0.1) is 11.7 Å². The molecule has 166 valence electrons. The van der Waals surface area contributed by atoms with E-state index in [9.17, 15) is 19.1 Å². The highest BCUT2D eigenvalue weighted by Gasteiger charge is 2.24. The molecule has 1 fully saturated rings. The Bertz CT molecular complexity index is 1110. The summed E-state index contributed by atoms with van der Waals surface area (Å²) in [6.07, 6.45) is 3.04. The highest BCUT2D eigenvalue weighted by molar-refractivity contribution is 5.94. The third kappa shape index (κ3) is 4.72. The lowest BCUT2D eigenvalue weighted by Gasteiger charge is -2.33. The third-order valence-electron chi connectivity index (χ3n) is 5.58. The zero-order valence-corrected chi connectivity index (χ0v) is 17.4. The van der Waals surface area contributed by atoms with Crippen molar-refractivity contribution < 1.29 is 19.1 Å². The van der Waals surface area contributed by atoms with Gasteiger partial charge in [-0.15, -0.1) is 0 Å². The summed E-state index contributed by atoms with van der Waals surface area (Å²) in [5.74, 6) is -1.57. The van der Waals surface area contributed by atoms with Crippen LogP contribution in [-0.4, -0.2) is 39.8 Å². The number of halogens is 1. The molecule has 0 aliphatic carbocycles. The van der Waals surface area contributed by atoms with Gasteiger partial charge in [0.25, 0.3) is 5.91 Å². The van der Waals surface area contributed by atoms with E-state index in [1.54, 1.807) is 0 Å². The van der Waals surface area contributed by atoms with E-state index in [0.29, 0.717) is 12.2 Å². The van der Waals surface area contributed by atoms with Crippen LogP contribution in [0.4, 0.5) is 10.1 Å². The molecule has 1 aliphatic heterocycles. The smallest absolute Gasteiger partial charge is 0.275 e. The van der Waals surface area contributed by atoms with Crippen LogP contribution in [0.5, 0.6) is 5.75 Å². The van der Waals surface area contributed by atoms with Crippen molar-refractivity contribution in [1.82, 2.24) is 15.1 Å². The zero-order valence-electron chi connectivity index (χ0n) is 17.4. The summed E-state index contributed by atoms with van der Waals surface area (Å²) in [6.45, 7) is 1.74. The van der Waals surface area contributed by atoms with Crippen molar-refractivity contribution in [3.8, 4) is 11.4 Å². The standard InChI is InChI=1S/C23H24FN5O3/c24-17-5-9-19(10-6-17)29-14-20(30)21(27-29)23(32)26-12-15-3-7-18(8-4-15)28-11-1-2-16(13-28)22(25)31/h3-10,14,16,30H,1-2,11-13H2,(H2,25,31)(H,26,32). The monoisotopic (exact) mass is 437 g/mol. The van der Waals surface area contributed by atoms with Crippen LogP contribution >= 0.6 is 0 Å². The van der Waals surface area contributed by atoms with Gasteiger partial charge in [-0.2, -0.15) is 5.10 Å². The Morgan fingerprint density at radius 3 is 2.50 bits per heavy atom. The van der Waals surface area contributed by atoms with Crippen molar-refractivity contribution in [2.75, 3.05) is 18.0 Å². The summed E-state index contributed by atoms with van der Waals surface area (Å²) in [7, 11) is 0. The van der Waals surface area contributed by atoms with Crippen LogP contribution in [0.2, 0.25) is 0 Å². The third-order valence-corrected chi connectivity index (χ3v) is 5.58. The van der Waals surface area contributed by atoms with Gasteiger partial charge in [-0.05, 0) is 54.8 Å². The van der Waals surface area contributed by atoms with Gasteiger partial charge in [-0.25, -0.2) is 9.07 Å². The number of hydrogen-bond donors (Lipinski definition) is 3. The van der Waals surface area contributed by atoms with Gasteiger partial charge in [-0.1, -0.05) is 12.1 Å². The van der Waals surface area contributed by atoms with Crippen LogP contribution in [0.25, 0.3) is 5.69 Å². The quantitative estimate of drug-likeness (QED) is 0.548. The second-order valence-corrected chi connectivity index (χ2v) is 7.82. The van der Waals surface area contributed by atoms with Gasteiger partial charge < -0.3 is 21.1 Å². The molecule has 9 heteroatoms. The number of carbonyl (C=O) groups is 2. The second-order valence-electron chi connectivity index (χ2n) is 7.82. The molecular weight excluding hydrogens is 413 g/mol. The molecule has 8 nitrogen and oxygen atoms in total. The average Bonchev–Trinajstić information content (AvgIpc) is 3.20. The molecule has 2 amide bonds. The van der Waals surface area contributed by atoms with Crippen LogP contribution < -0.4 is 16.0 Å². The molecule has 4 rings (SSSR count). The van der Waals surface area contributed by atoms with Crippen molar-refractivity contribution in [3.05, 3.63) is 71.8 Å². The normalized spacial score (nSPS) is 16.0. The highest BCUT2D eigenvalue weighted by Crippen LogP contribution is 2.24. The van der Waals surface area contributed by atoms with Gasteiger partial charge in [-0.3, -0.25) is 9.59 Å². The van der Waals surface area contributed by atoms with Crippen LogP contribution in [0.3, 0.4) is 0 Å². The SMILES string of the molecule is NC(=O)C1CCCN(c2ccc(CNC(=O)c3nn(-c4ccc(F)cc4)cc3O)cc2)C1. The molecule has 1 unspecified atom stereocenters. The first kappa shape index (κ1) is 21.4. The molecule has 0 radical (unpaired) electrons. The molecule has 0 saturated carbocycles. The molecule has 3 aromatic rings. The van der Waals surface area contributed by atoms with Gasteiger partial charge in [0.2, 0.25) is 5.91 Å². The Balaban J connectivity index is 1.37. The van der Waals surface area contributed by atoms with Crippen LogP contribution in [-0.2, 0) is 11.3 Å². The Hall–Kier alpha value is -3.88. The first-order valence-corrected chi connectivity index (χ1v) is 10.4. The molecular formula is C23H24FN5O3. The fourth-order valence-electron chi connectivity index (χ4n) is 3.79. The first-order chi connectivity index (χ1) is 15.4. The predicted octanol–water partition coefficient (Wildman–Crippen LogP) is 2.35. The topological polar surface area (TPSA) is 113 Å². The summed E-state index contributed by atoms with van der Waals surface area (Å²) >= 11 is 0. The minimum Gasteiger partial charge on any atom is -0.504 e. The minimum atomic E-state index is -0.521. The van der Waals surface area contributed by atoms with Crippen molar-refractivity contribution in [2.45, 2.75) is 19.4 Å². The largest absolute Gasteiger partial charge is 0.504 e. The molecule has 2 heterocycles. The summed E-state index contributed by atoms with van der Waals surface area (Å²) in [6, 6.07) is 13.3. The number of benzene rings is 2. The summed E-state index contributed by atoms with van der Waals surface area (Å²) in [4.78, 5) is 26.1. The fourth-order valence-corrected chi connectivity index (χ4v) is 3.79. The van der Waals surface area contributed by atoms with E-state index in [-0.39, 0.29) is 35.6 Å². The number of carbonyl (C=O) groups excluding carboxylic acids is 2. The zero-order chi connectivity index (χ0) is 22.7. The van der Waals surface area contributed by atoms with Crippen LogP contribution in [0.1, 0.15) is 28.9 Å². The number of aromatic nitrogens is 2. The lowest BCUT2D eigenvalue weighted by atomic mass is 9.97. The number of nitrogens with zero attached hydrogens (tertiary/aromatic N) is 3. The van der Waals surface area contributed by atoms with E-state index in [1.165, 1.54) is 35.1 Å². The van der Waals surface area contributed by atoms with Gasteiger partial charge in [0, 0.05) is 25.3 Å². The van der Waals surface area contributed by atoms with Crippen molar-refractivity contribution >= 4 is 17.5 Å². The Kier molecular flexibility index (Phi) is 6.07. The molecule has 0 bridgehead atoms. The number of rotatable bonds is 6. The maximum absolute atomic E-state index is 13.1. The van der Waals surface area contributed by atoms with Gasteiger partial charge >= 0.3 is 0 Å². The highest BCUT2D eigenvalue weighted by atomic mass is 19.1. The Morgan fingerprint density at radius 1 is 1.12 bits per heavy atom. The van der Waals surface area contributed by atoms with E-state index in [1.807, 2.05) is 24.3 Å². The summed E-state index contributed by atoms with van der Waals surface area (Å²) in [5, 5.41) is 16.9. The molecule has 1 aromatic heterocycles. The summed E-state index contributed by atoms with van der Waals surface area (Å²) in [5.41, 5.74) is 7.74. The maximum atomic E-state index is 13.1. The number of anilines is 1. The predicted molar refractivity (Wildman–Crippen MR) is 117 cm³/mol. The van der Waals surface area contributed by atoms with Crippen molar-refractivity contribution in [2.24, 2.45) is 11.7 Å². The van der Waals surface area contributed by atoms with E-state index in [2.05, 4.69) is 15.3 Å². The molecule has 0 spiro atoms. The Morgan fingerprint density at radius 2 is 1.81 bits per heavy atom. The number of primary amides is 1. The van der Waals surface area contributed by atoms with Gasteiger partial charge in [0.1, 0.15) is 5.82 Å². The van der Waals surface area contributed by atoms with E-state index in [4.69, 9.17) is 5.73 Å². The van der Waals surface area contributed by atoms with Gasteiger partial charge in [0.05, 0.1) is 17.8 Å². The maximum Gasteiger partial charge on any atom is 0.275 e. The number of nitrogens with one attached hydrogen (secondary N) is 1. The average molecular weight is 437 g/mol. The second kappa shape index (κ2) is 9.09. The number of amides is 2. The Labute approximate surface area is 184 Å². The lowest BCUT2D eigenvalue weighted by Crippen LogP contribution is -2.41. The number of piperidine rings is 1. The first-order valence-electron chi connectivity index (χ1n) is 10.4. The van der Waals surface area contributed by atoms with E-state index < -0.39 is 5.91 Å². The molecule has 1 aliphatic rings. The number of aromatic hydroxyl groups is 1. The minimum absolute atomic E-state index is 0.114. The summed E-state index contributed by atoms with van der Waals surface area (Å²) < 4.78 is 14.4. The molecule has 32 heavy (non-hydrogen) atoms. The molecule has 1 atom stereocenters. The molecule has 1 saturated heterocycles.